The lowest BCUT2D eigenvalue weighted by molar-refractivity contribution is -0.139. The molecule has 0 fully saturated rings. The molecule has 0 saturated carbocycles. The van der Waals surface area contributed by atoms with E-state index in [0.717, 1.165) is 22.3 Å². The van der Waals surface area contributed by atoms with Crippen molar-refractivity contribution in [3.05, 3.63) is 94.8 Å². The predicted molar refractivity (Wildman–Crippen MR) is 114 cm³/mol. The van der Waals surface area contributed by atoms with Gasteiger partial charge in [-0.15, -0.1) is 0 Å². The summed E-state index contributed by atoms with van der Waals surface area (Å²) >= 11 is 0. The molecule has 158 valence electrons. The number of aryl methyl sites for hydroxylation is 1. The number of carbonyl (C=O) groups excluding carboxylic acids is 1. The van der Waals surface area contributed by atoms with Gasteiger partial charge in [-0.2, -0.15) is 0 Å². The van der Waals surface area contributed by atoms with Crippen molar-refractivity contribution in [3.63, 3.8) is 0 Å². The number of halogens is 1. The van der Waals surface area contributed by atoms with Crippen molar-refractivity contribution < 1.29 is 23.8 Å². The van der Waals surface area contributed by atoms with Gasteiger partial charge in [0.2, 0.25) is 0 Å². The van der Waals surface area contributed by atoms with E-state index in [1.54, 1.807) is 19.1 Å². The van der Waals surface area contributed by atoms with E-state index >= 15 is 0 Å². The van der Waals surface area contributed by atoms with Gasteiger partial charge in [0.1, 0.15) is 18.5 Å². The molecule has 6 heteroatoms. The molecule has 1 amide bonds. The van der Waals surface area contributed by atoms with E-state index in [2.05, 4.69) is 5.32 Å². The molecule has 2 N–H and O–H groups in total. The molecule has 5 nitrogen and oxygen atoms in total. The topological polar surface area (TPSA) is 75.6 Å². The molecule has 0 spiro atoms. The van der Waals surface area contributed by atoms with Crippen LogP contribution in [0.5, 0.6) is 0 Å². The maximum Gasteiger partial charge on any atom is 0.407 e. The van der Waals surface area contributed by atoms with E-state index in [4.69, 9.17) is 4.74 Å². The first-order valence-corrected chi connectivity index (χ1v) is 10.0. The number of rotatable bonds is 6. The molecule has 4 rings (SSSR count). The van der Waals surface area contributed by atoms with Gasteiger partial charge in [-0.3, -0.25) is 0 Å². The fraction of sp³-hybridized carbons (Fsp3) is 0.200. The normalized spacial score (nSPS) is 13.2. The summed E-state index contributed by atoms with van der Waals surface area (Å²) in [7, 11) is 0. The number of fused-ring (bicyclic) bond motifs is 3. The number of amides is 1. The number of benzene rings is 3. The summed E-state index contributed by atoms with van der Waals surface area (Å²) < 4.78 is 19.2. The Bertz CT molecular complexity index is 1100. The van der Waals surface area contributed by atoms with Gasteiger partial charge in [0.25, 0.3) is 0 Å². The summed E-state index contributed by atoms with van der Waals surface area (Å²) in [5, 5.41) is 11.9. The van der Waals surface area contributed by atoms with Crippen molar-refractivity contribution in [1.82, 2.24) is 5.32 Å². The molecule has 1 aliphatic carbocycles. The quantitative estimate of drug-likeness (QED) is 0.609. The van der Waals surface area contributed by atoms with Crippen molar-refractivity contribution >= 4 is 12.1 Å². The third kappa shape index (κ3) is 4.28. The summed E-state index contributed by atoms with van der Waals surface area (Å²) in [6.07, 6.45) is -0.863. The van der Waals surface area contributed by atoms with Crippen LogP contribution in [-0.4, -0.2) is 29.8 Å². The molecule has 0 heterocycles. The number of hydrogen-bond acceptors (Lipinski definition) is 3. The van der Waals surface area contributed by atoms with Crippen LogP contribution in [0.3, 0.4) is 0 Å². The van der Waals surface area contributed by atoms with E-state index in [0.29, 0.717) is 11.1 Å². The standard InChI is InChI=1S/C25H22FNO4/c1-15-10-11-16(12-22(15)26)13-23(24(28)29)27-25(30)31-14-21-19-8-4-2-6-17(19)18-7-3-5-9-20(18)21/h2-12,21,23H,13-14H2,1H3,(H,27,30)(H,28,29)/t23-/m1/s1. The smallest absolute Gasteiger partial charge is 0.407 e. The zero-order valence-corrected chi connectivity index (χ0v) is 17.0. The van der Waals surface area contributed by atoms with Crippen molar-refractivity contribution in [2.45, 2.75) is 25.3 Å². The highest BCUT2D eigenvalue weighted by atomic mass is 19.1. The molecule has 31 heavy (non-hydrogen) atoms. The molecule has 0 aromatic heterocycles. The molecule has 0 unspecified atom stereocenters. The molecule has 0 bridgehead atoms. The van der Waals surface area contributed by atoms with Crippen molar-refractivity contribution in [3.8, 4) is 11.1 Å². The molecule has 3 aromatic rings. The summed E-state index contributed by atoms with van der Waals surface area (Å²) in [6, 6.07) is 19.2. The van der Waals surface area contributed by atoms with Crippen LogP contribution in [0.4, 0.5) is 9.18 Å². The van der Waals surface area contributed by atoms with E-state index < -0.39 is 23.9 Å². The summed E-state index contributed by atoms with van der Waals surface area (Å²) in [6.45, 7) is 1.72. The molecular weight excluding hydrogens is 397 g/mol. The minimum absolute atomic E-state index is 0.0449. The lowest BCUT2D eigenvalue weighted by Crippen LogP contribution is -2.42. The van der Waals surface area contributed by atoms with Gasteiger partial charge in [0.05, 0.1) is 0 Å². The van der Waals surface area contributed by atoms with Crippen LogP contribution >= 0.6 is 0 Å². The van der Waals surface area contributed by atoms with Crippen LogP contribution in [0.15, 0.2) is 66.7 Å². The molecule has 0 radical (unpaired) electrons. The Morgan fingerprint density at radius 3 is 2.23 bits per heavy atom. The Labute approximate surface area is 179 Å². The highest BCUT2D eigenvalue weighted by Gasteiger charge is 2.29. The minimum Gasteiger partial charge on any atom is -0.480 e. The van der Waals surface area contributed by atoms with Crippen molar-refractivity contribution in [2.75, 3.05) is 6.61 Å². The number of ether oxygens (including phenoxy) is 1. The van der Waals surface area contributed by atoms with E-state index in [1.165, 1.54) is 6.07 Å². The highest BCUT2D eigenvalue weighted by molar-refractivity contribution is 5.81. The van der Waals surface area contributed by atoms with Crippen LogP contribution in [-0.2, 0) is 16.0 Å². The van der Waals surface area contributed by atoms with Gasteiger partial charge in [-0.1, -0.05) is 60.7 Å². The number of carboxylic acids is 1. The fourth-order valence-electron chi connectivity index (χ4n) is 3.98. The van der Waals surface area contributed by atoms with Crippen LogP contribution in [0, 0.1) is 12.7 Å². The van der Waals surface area contributed by atoms with Gasteiger partial charge in [-0.05, 0) is 46.4 Å². The second kappa shape index (κ2) is 8.60. The first kappa shape index (κ1) is 20.6. The Hall–Kier alpha value is -3.67. The average molecular weight is 419 g/mol. The minimum atomic E-state index is -1.22. The summed E-state index contributed by atoms with van der Waals surface area (Å²) in [5.74, 6) is -1.75. The maximum absolute atomic E-state index is 13.8. The maximum atomic E-state index is 13.8. The number of hydrogen-bond donors (Lipinski definition) is 2. The predicted octanol–water partition coefficient (Wildman–Crippen LogP) is 4.67. The molecule has 1 aliphatic rings. The number of aliphatic carboxylic acids is 1. The van der Waals surface area contributed by atoms with Crippen LogP contribution < -0.4 is 5.32 Å². The fourth-order valence-corrected chi connectivity index (χ4v) is 3.98. The van der Waals surface area contributed by atoms with Crippen LogP contribution in [0.2, 0.25) is 0 Å². The third-order valence-corrected chi connectivity index (χ3v) is 5.61. The number of nitrogens with one attached hydrogen (secondary N) is 1. The number of carbonyl (C=O) groups is 2. The first-order valence-electron chi connectivity index (χ1n) is 10.0. The molecular formula is C25H22FNO4. The Morgan fingerprint density at radius 1 is 1.03 bits per heavy atom. The lowest BCUT2D eigenvalue weighted by Gasteiger charge is -2.17. The largest absolute Gasteiger partial charge is 0.480 e. The van der Waals surface area contributed by atoms with Gasteiger partial charge in [0, 0.05) is 12.3 Å². The van der Waals surface area contributed by atoms with Gasteiger partial charge in [-0.25, -0.2) is 14.0 Å². The second-order valence-corrected chi connectivity index (χ2v) is 7.65. The van der Waals surface area contributed by atoms with Crippen molar-refractivity contribution in [2.24, 2.45) is 0 Å². The molecule has 0 aliphatic heterocycles. The van der Waals surface area contributed by atoms with E-state index in [9.17, 15) is 19.1 Å². The van der Waals surface area contributed by atoms with E-state index in [-0.39, 0.29) is 18.9 Å². The van der Waals surface area contributed by atoms with Crippen LogP contribution in [0.25, 0.3) is 11.1 Å². The summed E-state index contributed by atoms with van der Waals surface area (Å²) in [5.41, 5.74) is 5.31. The lowest BCUT2D eigenvalue weighted by atomic mass is 9.98. The number of carboxylic acid groups (broad SMARTS) is 1. The monoisotopic (exact) mass is 419 g/mol. The zero-order chi connectivity index (χ0) is 22.0. The van der Waals surface area contributed by atoms with Gasteiger partial charge < -0.3 is 15.2 Å². The van der Waals surface area contributed by atoms with Crippen molar-refractivity contribution in [1.29, 1.82) is 0 Å². The summed E-state index contributed by atoms with van der Waals surface area (Å²) in [4.78, 5) is 24.0. The highest BCUT2D eigenvalue weighted by Crippen LogP contribution is 2.44. The first-order chi connectivity index (χ1) is 14.9. The van der Waals surface area contributed by atoms with Gasteiger partial charge >= 0.3 is 12.1 Å². The third-order valence-electron chi connectivity index (χ3n) is 5.61. The Morgan fingerprint density at radius 2 is 1.65 bits per heavy atom. The molecule has 3 aromatic carbocycles. The second-order valence-electron chi connectivity index (χ2n) is 7.65. The Balaban J connectivity index is 1.43. The van der Waals surface area contributed by atoms with E-state index in [1.807, 2.05) is 48.5 Å². The Kier molecular flexibility index (Phi) is 5.71. The zero-order valence-electron chi connectivity index (χ0n) is 17.0. The number of alkyl carbamates (subject to hydrolysis) is 1. The molecule has 1 atom stereocenters. The molecule has 0 saturated heterocycles. The average Bonchev–Trinajstić information content (AvgIpc) is 3.08. The SMILES string of the molecule is Cc1ccc(C[C@@H](NC(=O)OCC2c3ccccc3-c3ccccc32)C(=O)O)cc1F. The van der Waals surface area contributed by atoms with Crippen LogP contribution in [0.1, 0.15) is 28.2 Å². The van der Waals surface area contributed by atoms with Gasteiger partial charge in [0.15, 0.2) is 0 Å².